The minimum absolute atomic E-state index is 0.0304. The molecule has 1 saturated carbocycles. The van der Waals surface area contributed by atoms with E-state index in [4.69, 9.17) is 16.3 Å². The van der Waals surface area contributed by atoms with Gasteiger partial charge in [-0.1, -0.05) is 35.9 Å². The number of halogens is 2. The molecule has 0 spiro atoms. The third-order valence-corrected chi connectivity index (χ3v) is 7.01. The molecule has 5 nitrogen and oxygen atoms in total. The van der Waals surface area contributed by atoms with Gasteiger partial charge in [-0.3, -0.25) is 9.59 Å². The number of amides is 1. The van der Waals surface area contributed by atoms with Crippen LogP contribution in [0.15, 0.2) is 55.6 Å². The van der Waals surface area contributed by atoms with Crippen LogP contribution in [-0.2, 0) is 20.7 Å². The fourth-order valence-corrected chi connectivity index (χ4v) is 4.93. The van der Waals surface area contributed by atoms with Crippen molar-refractivity contribution in [2.75, 3.05) is 6.61 Å². The van der Waals surface area contributed by atoms with Crippen LogP contribution in [0.3, 0.4) is 0 Å². The Kier molecular flexibility index (Phi) is 11.1. The van der Waals surface area contributed by atoms with Crippen LogP contribution >= 0.6 is 11.6 Å². The Morgan fingerprint density at radius 3 is 2.66 bits per heavy atom. The molecule has 1 aliphatic carbocycles. The van der Waals surface area contributed by atoms with Crippen LogP contribution in [0.2, 0.25) is 5.02 Å². The maximum absolute atomic E-state index is 16.0. The summed E-state index contributed by atoms with van der Waals surface area (Å²) in [4.78, 5) is 25.2. The number of carbonyl (C=O) groups is 2. The zero-order chi connectivity index (χ0) is 27.7. The van der Waals surface area contributed by atoms with Crippen molar-refractivity contribution in [2.45, 2.75) is 76.4 Å². The number of nitrogens with one attached hydrogen (secondary N) is 1. The molecule has 1 amide bonds. The summed E-state index contributed by atoms with van der Waals surface area (Å²) in [5.41, 5.74) is 3.33. The molecule has 1 fully saturated rings. The fourth-order valence-electron chi connectivity index (χ4n) is 4.62. The summed E-state index contributed by atoms with van der Waals surface area (Å²) < 4.78 is 21.1. The summed E-state index contributed by atoms with van der Waals surface area (Å²) in [6, 6.07) is 8.23. The maximum Gasteiger partial charge on any atom is 0.308 e. The number of hydrogen-bond donors (Lipinski definition) is 2. The Hall–Kier alpha value is -2.96. The molecule has 0 saturated heterocycles. The van der Waals surface area contributed by atoms with Gasteiger partial charge in [0.25, 0.3) is 0 Å². The van der Waals surface area contributed by atoms with E-state index in [0.29, 0.717) is 10.6 Å². The van der Waals surface area contributed by atoms with Crippen LogP contribution < -0.4 is 5.32 Å². The van der Waals surface area contributed by atoms with E-state index in [0.717, 1.165) is 55.2 Å². The van der Waals surface area contributed by atoms with E-state index in [9.17, 15) is 14.7 Å². The number of rotatable bonds is 15. The van der Waals surface area contributed by atoms with Crippen molar-refractivity contribution in [2.24, 2.45) is 0 Å². The molecule has 2 aromatic rings. The molecule has 204 valence electrons. The second-order valence-corrected chi connectivity index (χ2v) is 10.1. The number of aliphatic hydroxyl groups excluding tert-OH is 1. The summed E-state index contributed by atoms with van der Waals surface area (Å²) in [6.07, 6.45) is 7.11. The Labute approximate surface area is 229 Å². The van der Waals surface area contributed by atoms with E-state index in [1.165, 1.54) is 6.08 Å². The third-order valence-electron chi connectivity index (χ3n) is 6.70. The zero-order valence-electron chi connectivity index (χ0n) is 22.0. The number of benzene rings is 2. The first-order chi connectivity index (χ1) is 18.3. The van der Waals surface area contributed by atoms with Gasteiger partial charge in [-0.2, -0.15) is 0 Å². The van der Waals surface area contributed by atoms with Crippen molar-refractivity contribution < 1.29 is 23.8 Å². The topological polar surface area (TPSA) is 75.6 Å². The van der Waals surface area contributed by atoms with Gasteiger partial charge in [0, 0.05) is 22.6 Å². The Morgan fingerprint density at radius 1 is 1.24 bits per heavy atom. The third kappa shape index (κ3) is 7.78. The highest BCUT2D eigenvalue weighted by molar-refractivity contribution is 6.33. The lowest BCUT2D eigenvalue weighted by molar-refractivity contribution is -0.144. The minimum atomic E-state index is -1.36. The molecule has 0 aromatic heterocycles. The van der Waals surface area contributed by atoms with Gasteiger partial charge in [-0.15, -0.1) is 13.2 Å². The number of ether oxygens (including phenoxy) is 1. The largest absolute Gasteiger partial charge is 0.466 e. The van der Waals surface area contributed by atoms with E-state index in [1.54, 1.807) is 13.0 Å². The standard InChI is InChI=1S/C31H37ClFNO4/c1-4-7-8-9-12-21-13-10-14-25(32)29(21)22-17-23(20-15-16-20)30(33)24(18-22)26(19-28(36)38-6-3)34-31(37)27(35)11-5-2/h4-5,10,13-14,17-18,20,26-27,35H,1-2,6-9,11-12,15-16,19H2,3H3,(H,34,37)/t26-,27+/m0/s1. The second kappa shape index (κ2) is 14.3. The highest BCUT2D eigenvalue weighted by Crippen LogP contribution is 2.45. The lowest BCUT2D eigenvalue weighted by Crippen LogP contribution is -2.38. The number of aryl methyl sites for hydroxylation is 1. The summed E-state index contributed by atoms with van der Waals surface area (Å²) in [7, 11) is 0. The van der Waals surface area contributed by atoms with Crippen LogP contribution in [-0.4, -0.2) is 29.7 Å². The second-order valence-electron chi connectivity index (χ2n) is 9.66. The summed E-state index contributed by atoms with van der Waals surface area (Å²) in [6.45, 7) is 9.17. The van der Waals surface area contributed by atoms with Gasteiger partial charge in [0.1, 0.15) is 11.9 Å². The molecule has 0 bridgehead atoms. The number of unbranched alkanes of at least 4 members (excludes halogenated alkanes) is 2. The van der Waals surface area contributed by atoms with Crippen LogP contribution in [0.4, 0.5) is 4.39 Å². The molecule has 0 heterocycles. The van der Waals surface area contributed by atoms with Gasteiger partial charge in [0.15, 0.2) is 0 Å². The average molecular weight is 542 g/mol. The first-order valence-corrected chi connectivity index (χ1v) is 13.6. The van der Waals surface area contributed by atoms with Gasteiger partial charge >= 0.3 is 5.97 Å². The predicted molar refractivity (Wildman–Crippen MR) is 150 cm³/mol. The molecule has 0 unspecified atom stereocenters. The molecule has 2 N–H and O–H groups in total. The summed E-state index contributed by atoms with van der Waals surface area (Å²) in [5, 5.41) is 13.4. The smallest absolute Gasteiger partial charge is 0.308 e. The van der Waals surface area contributed by atoms with Gasteiger partial charge in [0.05, 0.1) is 19.1 Å². The van der Waals surface area contributed by atoms with Crippen LogP contribution in [0.25, 0.3) is 11.1 Å². The van der Waals surface area contributed by atoms with Gasteiger partial charge in [-0.05, 0) is 86.3 Å². The number of allylic oxidation sites excluding steroid dienone is 1. The fraction of sp³-hybridized carbons (Fsp3) is 0.419. The first kappa shape index (κ1) is 29.6. The van der Waals surface area contributed by atoms with Gasteiger partial charge in [-0.25, -0.2) is 4.39 Å². The lowest BCUT2D eigenvalue weighted by atomic mass is 9.89. The van der Waals surface area contributed by atoms with Crippen LogP contribution in [0.5, 0.6) is 0 Å². The monoisotopic (exact) mass is 541 g/mol. The lowest BCUT2D eigenvalue weighted by Gasteiger charge is -2.23. The van der Waals surface area contributed by atoms with Crippen LogP contribution in [0, 0.1) is 5.82 Å². The Balaban J connectivity index is 2.09. The van der Waals surface area contributed by atoms with Gasteiger partial charge < -0.3 is 15.2 Å². The van der Waals surface area contributed by atoms with E-state index >= 15 is 4.39 Å². The predicted octanol–water partition coefficient (Wildman–Crippen LogP) is 6.97. The molecule has 7 heteroatoms. The molecule has 38 heavy (non-hydrogen) atoms. The van der Waals surface area contributed by atoms with Crippen molar-refractivity contribution in [3.05, 3.63) is 83.2 Å². The number of hydrogen-bond acceptors (Lipinski definition) is 4. The SMILES string of the molecule is C=CCCCCc1cccc(Cl)c1-c1cc(C2CC2)c(F)c([C@H](CC(=O)OCC)NC(=O)[C@H](O)CC=C)c1. The van der Waals surface area contributed by atoms with Crippen molar-refractivity contribution in [1.29, 1.82) is 0 Å². The van der Waals surface area contributed by atoms with E-state index in [2.05, 4.69) is 18.5 Å². The number of esters is 1. The Bertz CT molecular complexity index is 1160. The minimum Gasteiger partial charge on any atom is -0.466 e. The molecule has 1 aliphatic rings. The highest BCUT2D eigenvalue weighted by Gasteiger charge is 2.32. The van der Waals surface area contributed by atoms with Crippen molar-refractivity contribution >= 4 is 23.5 Å². The normalized spacial score (nSPS) is 14.4. The molecule has 0 radical (unpaired) electrons. The molecule has 2 atom stereocenters. The van der Waals surface area contributed by atoms with E-state index in [1.807, 2.05) is 30.3 Å². The highest BCUT2D eigenvalue weighted by atomic mass is 35.5. The van der Waals surface area contributed by atoms with Crippen LogP contribution in [0.1, 0.15) is 80.5 Å². The summed E-state index contributed by atoms with van der Waals surface area (Å²) in [5.74, 6) is -1.67. The Morgan fingerprint density at radius 2 is 2.00 bits per heavy atom. The molecular formula is C31H37ClFNO4. The average Bonchev–Trinajstić information content (AvgIpc) is 3.72. The summed E-state index contributed by atoms with van der Waals surface area (Å²) >= 11 is 6.71. The zero-order valence-corrected chi connectivity index (χ0v) is 22.7. The van der Waals surface area contributed by atoms with E-state index < -0.39 is 29.8 Å². The first-order valence-electron chi connectivity index (χ1n) is 13.3. The molecular weight excluding hydrogens is 505 g/mol. The van der Waals surface area contributed by atoms with Crippen molar-refractivity contribution in [3.8, 4) is 11.1 Å². The van der Waals surface area contributed by atoms with Crippen molar-refractivity contribution in [3.63, 3.8) is 0 Å². The molecule has 3 rings (SSSR count). The van der Waals surface area contributed by atoms with Gasteiger partial charge in [0.2, 0.25) is 5.91 Å². The van der Waals surface area contributed by atoms with E-state index in [-0.39, 0.29) is 30.9 Å². The molecule has 0 aliphatic heterocycles. The molecule has 2 aromatic carbocycles. The number of aliphatic hydroxyl groups is 1. The van der Waals surface area contributed by atoms with Crippen molar-refractivity contribution in [1.82, 2.24) is 5.32 Å². The maximum atomic E-state index is 16.0. The number of carbonyl (C=O) groups excluding carboxylic acids is 2. The quantitative estimate of drug-likeness (QED) is 0.145.